The van der Waals surface area contributed by atoms with Crippen molar-refractivity contribution in [2.75, 3.05) is 32.7 Å². The zero-order valence-electron chi connectivity index (χ0n) is 16.2. The molecule has 2 saturated heterocycles. The summed E-state index contributed by atoms with van der Waals surface area (Å²) in [6, 6.07) is 5.35. The van der Waals surface area contributed by atoms with E-state index in [0.717, 1.165) is 50.4 Å². The number of carbonyl (C=O) groups is 2. The van der Waals surface area contributed by atoms with Crippen molar-refractivity contribution in [1.29, 1.82) is 0 Å². The topological polar surface area (TPSA) is 69.9 Å². The first-order chi connectivity index (χ1) is 13.6. The molecule has 1 unspecified atom stereocenters. The Labute approximate surface area is 168 Å². The predicted molar refractivity (Wildman–Crippen MR) is 106 cm³/mol. The van der Waals surface area contributed by atoms with Crippen LogP contribution in [-0.4, -0.2) is 70.4 Å². The number of aromatic nitrogens is 1. The van der Waals surface area contributed by atoms with Gasteiger partial charge in [0.25, 0.3) is 5.91 Å². The van der Waals surface area contributed by atoms with Gasteiger partial charge in [0.2, 0.25) is 5.91 Å². The number of likely N-dealkylation sites (tertiary alicyclic amines) is 1. The smallest absolute Gasteiger partial charge is 0.264 e. The molecule has 28 heavy (non-hydrogen) atoms. The number of thiophene rings is 1. The highest BCUT2D eigenvalue weighted by Gasteiger charge is 2.36. The van der Waals surface area contributed by atoms with Crippen LogP contribution < -0.4 is 0 Å². The summed E-state index contributed by atoms with van der Waals surface area (Å²) in [6.07, 6.45) is 2.72. The van der Waals surface area contributed by atoms with Crippen molar-refractivity contribution in [2.45, 2.75) is 38.8 Å². The van der Waals surface area contributed by atoms with E-state index in [-0.39, 0.29) is 17.9 Å². The molecular formula is C20H26N4O3S. The van der Waals surface area contributed by atoms with Crippen LogP contribution in [0.1, 0.15) is 40.4 Å². The van der Waals surface area contributed by atoms with Crippen LogP contribution in [0.4, 0.5) is 0 Å². The molecule has 0 spiro atoms. The van der Waals surface area contributed by atoms with Crippen LogP contribution in [-0.2, 0) is 11.3 Å². The summed E-state index contributed by atoms with van der Waals surface area (Å²) in [5.41, 5.74) is 0.928. The van der Waals surface area contributed by atoms with Gasteiger partial charge in [0.05, 0.1) is 10.6 Å². The standard InChI is InChI=1S/C20H26N4O3S/c1-15-13-16(21-27-15)14-22-8-10-23(11-9-22)19(25)17-5-2-3-7-24(17)20(26)18-6-4-12-28-18/h4,6,12-13,17H,2-3,5,7-11,14H2,1H3. The molecule has 2 aliphatic heterocycles. The fraction of sp³-hybridized carbons (Fsp3) is 0.550. The summed E-state index contributed by atoms with van der Waals surface area (Å²) in [7, 11) is 0. The molecule has 2 fully saturated rings. The van der Waals surface area contributed by atoms with Crippen LogP contribution in [0.5, 0.6) is 0 Å². The van der Waals surface area contributed by atoms with E-state index in [1.165, 1.54) is 11.3 Å². The monoisotopic (exact) mass is 402 g/mol. The fourth-order valence-corrected chi connectivity index (χ4v) is 4.71. The van der Waals surface area contributed by atoms with Crippen molar-refractivity contribution in [2.24, 2.45) is 0 Å². The van der Waals surface area contributed by atoms with Crippen molar-refractivity contribution in [3.05, 3.63) is 39.9 Å². The van der Waals surface area contributed by atoms with Gasteiger partial charge in [-0.1, -0.05) is 11.2 Å². The highest BCUT2D eigenvalue weighted by atomic mass is 32.1. The van der Waals surface area contributed by atoms with E-state index >= 15 is 0 Å². The van der Waals surface area contributed by atoms with Gasteiger partial charge in [0, 0.05) is 45.3 Å². The Morgan fingerprint density at radius 2 is 2.04 bits per heavy atom. The lowest BCUT2D eigenvalue weighted by Crippen LogP contribution is -2.57. The Bertz CT molecular complexity index is 811. The number of nitrogens with zero attached hydrogens (tertiary/aromatic N) is 4. The molecule has 8 heteroatoms. The highest BCUT2D eigenvalue weighted by molar-refractivity contribution is 7.12. The third-order valence-electron chi connectivity index (χ3n) is 5.53. The maximum atomic E-state index is 13.2. The Morgan fingerprint density at radius 1 is 1.21 bits per heavy atom. The van der Waals surface area contributed by atoms with Gasteiger partial charge in [0.15, 0.2) is 0 Å². The van der Waals surface area contributed by atoms with Gasteiger partial charge in [-0.05, 0) is 37.6 Å². The summed E-state index contributed by atoms with van der Waals surface area (Å²) in [5.74, 6) is 0.909. The average molecular weight is 403 g/mol. The Morgan fingerprint density at radius 3 is 2.71 bits per heavy atom. The summed E-state index contributed by atoms with van der Waals surface area (Å²) >= 11 is 1.44. The molecule has 7 nitrogen and oxygen atoms in total. The molecule has 1 atom stereocenters. The molecule has 2 aliphatic rings. The van der Waals surface area contributed by atoms with Crippen molar-refractivity contribution in [3.63, 3.8) is 0 Å². The van der Waals surface area contributed by atoms with E-state index < -0.39 is 0 Å². The molecule has 0 aromatic carbocycles. The van der Waals surface area contributed by atoms with Gasteiger partial charge in [-0.2, -0.15) is 0 Å². The van der Waals surface area contributed by atoms with E-state index in [1.54, 1.807) is 4.90 Å². The van der Waals surface area contributed by atoms with Crippen LogP contribution >= 0.6 is 11.3 Å². The number of amides is 2. The zero-order valence-corrected chi connectivity index (χ0v) is 17.0. The minimum Gasteiger partial charge on any atom is -0.361 e. The number of piperidine rings is 1. The van der Waals surface area contributed by atoms with Crippen molar-refractivity contribution in [3.8, 4) is 0 Å². The number of carbonyl (C=O) groups excluding carboxylic acids is 2. The van der Waals surface area contributed by atoms with Crippen molar-refractivity contribution in [1.82, 2.24) is 19.9 Å². The molecule has 2 aromatic heterocycles. The second-order valence-electron chi connectivity index (χ2n) is 7.52. The van der Waals surface area contributed by atoms with Crippen molar-refractivity contribution >= 4 is 23.2 Å². The minimum absolute atomic E-state index is 0.00640. The number of hydrogen-bond donors (Lipinski definition) is 0. The summed E-state index contributed by atoms with van der Waals surface area (Å²) in [5, 5.41) is 5.96. The Balaban J connectivity index is 1.36. The van der Waals surface area contributed by atoms with Crippen LogP contribution in [0.3, 0.4) is 0 Å². The van der Waals surface area contributed by atoms with Gasteiger partial charge >= 0.3 is 0 Å². The fourth-order valence-electron chi connectivity index (χ4n) is 4.03. The lowest BCUT2D eigenvalue weighted by molar-refractivity contribution is -0.139. The maximum Gasteiger partial charge on any atom is 0.264 e. The molecule has 0 bridgehead atoms. The van der Waals surface area contributed by atoms with Gasteiger partial charge in [-0.3, -0.25) is 14.5 Å². The lowest BCUT2D eigenvalue weighted by atomic mass is 10.00. The predicted octanol–water partition coefficient (Wildman–Crippen LogP) is 2.38. The lowest BCUT2D eigenvalue weighted by Gasteiger charge is -2.40. The third-order valence-corrected chi connectivity index (χ3v) is 6.38. The number of hydrogen-bond acceptors (Lipinski definition) is 6. The molecule has 0 radical (unpaired) electrons. The van der Waals surface area contributed by atoms with Gasteiger partial charge in [0.1, 0.15) is 11.8 Å². The molecule has 0 N–H and O–H groups in total. The van der Waals surface area contributed by atoms with E-state index in [0.29, 0.717) is 24.5 Å². The molecule has 0 saturated carbocycles. The second-order valence-corrected chi connectivity index (χ2v) is 8.47. The first-order valence-electron chi connectivity index (χ1n) is 9.89. The minimum atomic E-state index is -0.326. The number of piperazine rings is 1. The third kappa shape index (κ3) is 4.12. The first kappa shape index (κ1) is 19.1. The van der Waals surface area contributed by atoms with E-state index in [1.807, 2.05) is 35.4 Å². The van der Waals surface area contributed by atoms with E-state index in [9.17, 15) is 9.59 Å². The molecule has 4 heterocycles. The number of rotatable bonds is 4. The van der Waals surface area contributed by atoms with Crippen LogP contribution in [0.25, 0.3) is 0 Å². The van der Waals surface area contributed by atoms with Gasteiger partial charge < -0.3 is 14.3 Å². The molecular weight excluding hydrogens is 376 g/mol. The molecule has 2 aromatic rings. The van der Waals surface area contributed by atoms with Crippen LogP contribution in [0.2, 0.25) is 0 Å². The molecule has 150 valence electrons. The van der Waals surface area contributed by atoms with Crippen LogP contribution in [0.15, 0.2) is 28.1 Å². The summed E-state index contributed by atoms with van der Waals surface area (Å²) < 4.78 is 5.13. The van der Waals surface area contributed by atoms with Crippen molar-refractivity contribution < 1.29 is 14.1 Å². The van der Waals surface area contributed by atoms with E-state index in [4.69, 9.17) is 4.52 Å². The zero-order chi connectivity index (χ0) is 19.5. The Hall–Kier alpha value is -2.19. The second kappa shape index (κ2) is 8.45. The number of aryl methyl sites for hydroxylation is 1. The first-order valence-corrected chi connectivity index (χ1v) is 10.8. The van der Waals surface area contributed by atoms with Gasteiger partial charge in [-0.15, -0.1) is 11.3 Å². The molecule has 2 amide bonds. The largest absolute Gasteiger partial charge is 0.361 e. The highest BCUT2D eigenvalue weighted by Crippen LogP contribution is 2.24. The molecule has 4 rings (SSSR count). The van der Waals surface area contributed by atoms with E-state index in [2.05, 4.69) is 10.1 Å². The SMILES string of the molecule is Cc1cc(CN2CCN(C(=O)C3CCCCN3C(=O)c3cccs3)CC2)no1. The quantitative estimate of drug-likeness (QED) is 0.785. The maximum absolute atomic E-state index is 13.2. The summed E-state index contributed by atoms with van der Waals surface area (Å²) in [6.45, 7) is 6.29. The van der Waals surface area contributed by atoms with Gasteiger partial charge in [-0.25, -0.2) is 0 Å². The average Bonchev–Trinajstić information content (AvgIpc) is 3.39. The summed E-state index contributed by atoms with van der Waals surface area (Å²) in [4.78, 5) is 32.8. The Kier molecular flexibility index (Phi) is 5.77. The molecule has 0 aliphatic carbocycles. The van der Waals surface area contributed by atoms with Crippen LogP contribution in [0, 0.1) is 6.92 Å². The normalized spacial score (nSPS) is 21.1.